The first kappa shape index (κ1) is 22.3. The van der Waals surface area contributed by atoms with Crippen molar-refractivity contribution in [3.63, 3.8) is 0 Å². The summed E-state index contributed by atoms with van der Waals surface area (Å²) in [7, 11) is -3.59. The van der Waals surface area contributed by atoms with Crippen molar-refractivity contribution in [2.75, 3.05) is 37.6 Å². The van der Waals surface area contributed by atoms with Crippen LogP contribution in [0.25, 0.3) is 0 Å². The third kappa shape index (κ3) is 4.49. The number of hydrogen-bond acceptors (Lipinski definition) is 6. The van der Waals surface area contributed by atoms with E-state index in [0.717, 1.165) is 12.0 Å². The summed E-state index contributed by atoms with van der Waals surface area (Å²) >= 11 is 0. The Hall–Kier alpha value is -2.92. The quantitative estimate of drug-likeness (QED) is 0.499. The van der Waals surface area contributed by atoms with Gasteiger partial charge in [-0.25, -0.2) is 13.2 Å². The minimum absolute atomic E-state index is 0.0332. The lowest BCUT2D eigenvalue weighted by Crippen LogP contribution is -2.55. The predicted octanol–water partition coefficient (Wildman–Crippen LogP) is 1.94. The van der Waals surface area contributed by atoms with Crippen LogP contribution in [0.3, 0.4) is 0 Å². The standard InChI is InChI=1S/C21H28N6O4S/c1-15-11-25(21(28)27(12-15)18-4-2-3-17(9-18)20(22)23)13-16-5-7-26(8-6-16)32(29,30)19-10-24-31-14-19/h2-4,9-10,14-16H,5-8,11-13H2,1H3,(H3,22,23). The molecule has 4 rings (SSSR count). The number of benzene rings is 1. The number of nitrogens with two attached hydrogens (primary N) is 1. The Balaban J connectivity index is 1.41. The molecule has 11 heteroatoms. The molecule has 1 aromatic heterocycles. The summed E-state index contributed by atoms with van der Waals surface area (Å²) in [6.45, 7) is 4.77. The summed E-state index contributed by atoms with van der Waals surface area (Å²) in [5, 5.41) is 11.1. The summed E-state index contributed by atoms with van der Waals surface area (Å²) in [6.07, 6.45) is 3.72. The van der Waals surface area contributed by atoms with Crippen LogP contribution in [0, 0.1) is 17.2 Å². The minimum atomic E-state index is -3.59. The van der Waals surface area contributed by atoms with Gasteiger partial charge in [0.25, 0.3) is 0 Å². The smallest absolute Gasteiger partial charge is 0.324 e. The molecule has 0 spiro atoms. The average Bonchev–Trinajstić information content (AvgIpc) is 3.32. The average molecular weight is 461 g/mol. The van der Waals surface area contributed by atoms with Gasteiger partial charge in [0.1, 0.15) is 17.0 Å². The third-order valence-corrected chi connectivity index (χ3v) is 7.94. The normalized spacial score (nSPS) is 21.2. The lowest BCUT2D eigenvalue weighted by molar-refractivity contribution is 0.154. The zero-order chi connectivity index (χ0) is 22.9. The van der Waals surface area contributed by atoms with Gasteiger partial charge in [-0.15, -0.1) is 0 Å². The monoisotopic (exact) mass is 460 g/mol. The van der Waals surface area contributed by atoms with E-state index in [4.69, 9.17) is 11.1 Å². The fraction of sp³-hybridized carbons (Fsp3) is 0.476. The van der Waals surface area contributed by atoms with Crippen molar-refractivity contribution in [2.45, 2.75) is 24.7 Å². The Bertz CT molecular complexity index is 1080. The molecule has 3 heterocycles. The van der Waals surface area contributed by atoms with Gasteiger partial charge in [0, 0.05) is 44.0 Å². The Morgan fingerprint density at radius 3 is 2.69 bits per heavy atom. The predicted molar refractivity (Wildman–Crippen MR) is 119 cm³/mol. The van der Waals surface area contributed by atoms with Gasteiger partial charge in [0.05, 0.1) is 6.20 Å². The maximum absolute atomic E-state index is 13.2. The number of sulfonamides is 1. The highest BCUT2D eigenvalue weighted by Gasteiger charge is 2.35. The first-order valence-corrected chi connectivity index (χ1v) is 12.1. The number of nitrogens with one attached hydrogen (secondary N) is 1. The van der Waals surface area contributed by atoms with E-state index in [9.17, 15) is 13.2 Å². The maximum atomic E-state index is 13.2. The number of piperidine rings is 1. The molecule has 0 saturated carbocycles. The molecule has 2 aliphatic rings. The molecule has 0 aliphatic carbocycles. The molecule has 2 aliphatic heterocycles. The molecule has 0 bridgehead atoms. The van der Waals surface area contributed by atoms with Gasteiger partial charge in [-0.3, -0.25) is 10.3 Å². The van der Waals surface area contributed by atoms with Crippen LogP contribution in [0.2, 0.25) is 0 Å². The van der Waals surface area contributed by atoms with Crippen LogP contribution < -0.4 is 10.6 Å². The molecule has 2 aromatic rings. The number of carbonyl (C=O) groups excluding carboxylic acids is 1. The van der Waals surface area contributed by atoms with Gasteiger partial charge >= 0.3 is 6.03 Å². The Morgan fingerprint density at radius 2 is 2.03 bits per heavy atom. The number of amides is 2. The number of carbonyl (C=O) groups is 1. The second-order valence-corrected chi connectivity index (χ2v) is 10.5. The number of nitrogens with zero attached hydrogens (tertiary/aromatic N) is 4. The maximum Gasteiger partial charge on any atom is 0.324 e. The van der Waals surface area contributed by atoms with Crippen molar-refractivity contribution in [1.29, 1.82) is 5.41 Å². The first-order valence-electron chi connectivity index (χ1n) is 10.7. The highest BCUT2D eigenvalue weighted by Crippen LogP contribution is 2.28. The van der Waals surface area contributed by atoms with Gasteiger partial charge < -0.3 is 15.2 Å². The number of amidine groups is 1. The summed E-state index contributed by atoms with van der Waals surface area (Å²) in [4.78, 5) is 16.9. The van der Waals surface area contributed by atoms with E-state index < -0.39 is 10.0 Å². The SMILES string of the molecule is CC1CN(CC2CCN(S(=O)(=O)c3cnoc3)CC2)C(=O)N(c2cccc(C(=N)N)c2)C1. The molecule has 2 saturated heterocycles. The molecule has 3 N–H and O–H groups in total. The van der Waals surface area contributed by atoms with Gasteiger partial charge in [-0.1, -0.05) is 24.2 Å². The number of hydrogen-bond donors (Lipinski definition) is 2. The zero-order valence-electron chi connectivity index (χ0n) is 18.0. The van der Waals surface area contributed by atoms with E-state index >= 15 is 0 Å². The van der Waals surface area contributed by atoms with Crippen LogP contribution >= 0.6 is 0 Å². The number of urea groups is 1. The Labute approximate surface area is 187 Å². The Morgan fingerprint density at radius 1 is 1.28 bits per heavy atom. The second kappa shape index (κ2) is 8.91. The lowest BCUT2D eigenvalue weighted by Gasteiger charge is -2.41. The number of anilines is 1. The highest BCUT2D eigenvalue weighted by molar-refractivity contribution is 7.89. The van der Waals surface area contributed by atoms with E-state index in [-0.39, 0.29) is 28.6 Å². The molecule has 0 radical (unpaired) electrons. The number of aromatic nitrogens is 1. The molecule has 2 fully saturated rings. The fourth-order valence-electron chi connectivity index (χ4n) is 4.40. The fourth-order valence-corrected chi connectivity index (χ4v) is 5.73. The Kier molecular flexibility index (Phi) is 6.20. The second-order valence-electron chi connectivity index (χ2n) is 8.57. The molecule has 10 nitrogen and oxygen atoms in total. The molecule has 32 heavy (non-hydrogen) atoms. The van der Waals surface area contributed by atoms with Crippen molar-refractivity contribution in [1.82, 2.24) is 14.4 Å². The number of nitrogen functional groups attached to an aromatic ring is 1. The molecule has 1 atom stereocenters. The molecular formula is C21H28N6O4S. The van der Waals surface area contributed by atoms with Crippen LogP contribution in [0.4, 0.5) is 10.5 Å². The number of rotatable bonds is 6. The third-order valence-electron chi connectivity index (χ3n) is 6.10. The van der Waals surface area contributed by atoms with Gasteiger partial charge in [0.2, 0.25) is 10.0 Å². The van der Waals surface area contributed by atoms with E-state index in [2.05, 4.69) is 16.6 Å². The summed E-state index contributed by atoms with van der Waals surface area (Å²) < 4.78 is 31.4. The summed E-state index contributed by atoms with van der Waals surface area (Å²) in [6, 6.07) is 7.11. The van der Waals surface area contributed by atoms with E-state index in [0.29, 0.717) is 51.1 Å². The van der Waals surface area contributed by atoms with E-state index in [1.807, 2.05) is 11.0 Å². The van der Waals surface area contributed by atoms with Crippen molar-refractivity contribution >= 4 is 27.6 Å². The van der Waals surface area contributed by atoms with Crippen LogP contribution in [-0.2, 0) is 10.0 Å². The minimum Gasteiger partial charge on any atom is -0.384 e. The van der Waals surface area contributed by atoms with Gasteiger partial charge in [0.15, 0.2) is 0 Å². The highest BCUT2D eigenvalue weighted by atomic mass is 32.2. The molecule has 2 amide bonds. The van der Waals surface area contributed by atoms with Gasteiger partial charge in [-0.05, 0) is 36.8 Å². The van der Waals surface area contributed by atoms with Crippen molar-refractivity contribution in [2.24, 2.45) is 17.6 Å². The summed E-state index contributed by atoms with van der Waals surface area (Å²) in [5.41, 5.74) is 6.93. The topological polar surface area (TPSA) is 137 Å². The first-order chi connectivity index (χ1) is 15.3. The van der Waals surface area contributed by atoms with Crippen molar-refractivity contribution in [3.8, 4) is 0 Å². The van der Waals surface area contributed by atoms with Crippen LogP contribution in [-0.4, -0.2) is 67.4 Å². The van der Waals surface area contributed by atoms with Crippen LogP contribution in [0.5, 0.6) is 0 Å². The van der Waals surface area contributed by atoms with Crippen molar-refractivity contribution < 1.29 is 17.7 Å². The molecule has 1 aromatic carbocycles. The van der Waals surface area contributed by atoms with Crippen molar-refractivity contribution in [3.05, 3.63) is 42.3 Å². The van der Waals surface area contributed by atoms with E-state index in [1.54, 1.807) is 23.1 Å². The summed E-state index contributed by atoms with van der Waals surface area (Å²) in [5.74, 6) is 0.473. The molecule has 172 valence electrons. The van der Waals surface area contributed by atoms with Crippen LogP contribution in [0.15, 0.2) is 46.1 Å². The lowest BCUT2D eigenvalue weighted by atomic mass is 9.96. The zero-order valence-corrected chi connectivity index (χ0v) is 18.8. The molecule has 1 unspecified atom stereocenters. The molecular weight excluding hydrogens is 432 g/mol. The van der Waals surface area contributed by atoms with Gasteiger partial charge in [-0.2, -0.15) is 4.31 Å². The largest absolute Gasteiger partial charge is 0.384 e. The van der Waals surface area contributed by atoms with Crippen LogP contribution in [0.1, 0.15) is 25.3 Å². The van der Waals surface area contributed by atoms with E-state index in [1.165, 1.54) is 10.5 Å².